The van der Waals surface area contributed by atoms with Crippen molar-refractivity contribution in [1.82, 2.24) is 9.80 Å². The molecule has 0 atom stereocenters. The van der Waals surface area contributed by atoms with Crippen LogP contribution in [0.15, 0.2) is 33.5 Å². The van der Waals surface area contributed by atoms with Crippen LogP contribution in [0.25, 0.3) is 11.0 Å². The minimum absolute atomic E-state index is 0.186. The summed E-state index contributed by atoms with van der Waals surface area (Å²) in [7, 11) is 4.17. The lowest BCUT2D eigenvalue weighted by molar-refractivity contribution is 0.0678. The Morgan fingerprint density at radius 2 is 1.92 bits per heavy atom. The summed E-state index contributed by atoms with van der Waals surface area (Å²) >= 11 is 0. The molecule has 1 amide bonds. The SMILES string of the molecule is Cc1c(C(=O)N2CCC(CCN(C)C)CC2)c(=O)oc2ccccc12. The maximum Gasteiger partial charge on any atom is 0.349 e. The van der Waals surface area contributed by atoms with Crippen LogP contribution in [0.5, 0.6) is 0 Å². The van der Waals surface area contributed by atoms with E-state index in [1.165, 1.54) is 0 Å². The molecule has 5 heteroatoms. The molecular weight excluding hydrogens is 316 g/mol. The molecule has 1 aliphatic heterocycles. The van der Waals surface area contributed by atoms with Crippen LogP contribution in [0, 0.1) is 12.8 Å². The number of rotatable bonds is 4. The molecule has 0 radical (unpaired) electrons. The van der Waals surface area contributed by atoms with Gasteiger partial charge in [0.2, 0.25) is 0 Å². The number of para-hydroxylation sites is 1. The third kappa shape index (κ3) is 3.76. The first-order valence-electron chi connectivity index (χ1n) is 8.94. The van der Waals surface area contributed by atoms with Crippen molar-refractivity contribution in [2.45, 2.75) is 26.2 Å². The van der Waals surface area contributed by atoms with E-state index in [4.69, 9.17) is 4.42 Å². The third-order valence-corrected chi connectivity index (χ3v) is 5.17. The van der Waals surface area contributed by atoms with Crippen molar-refractivity contribution < 1.29 is 9.21 Å². The first kappa shape index (κ1) is 17.7. The van der Waals surface area contributed by atoms with E-state index in [2.05, 4.69) is 19.0 Å². The number of fused-ring (bicyclic) bond motifs is 1. The van der Waals surface area contributed by atoms with Crippen molar-refractivity contribution in [3.05, 3.63) is 45.8 Å². The van der Waals surface area contributed by atoms with Crippen LogP contribution in [0.1, 0.15) is 35.2 Å². The molecule has 1 aromatic heterocycles. The number of hydrogen-bond donors (Lipinski definition) is 0. The Balaban J connectivity index is 1.76. The first-order valence-corrected chi connectivity index (χ1v) is 8.94. The Kier molecular flexibility index (Phi) is 5.23. The summed E-state index contributed by atoms with van der Waals surface area (Å²) in [6, 6.07) is 7.36. The highest BCUT2D eigenvalue weighted by atomic mass is 16.4. The van der Waals surface area contributed by atoms with E-state index in [9.17, 15) is 9.59 Å². The van der Waals surface area contributed by atoms with Crippen LogP contribution in [0.3, 0.4) is 0 Å². The van der Waals surface area contributed by atoms with E-state index in [0.29, 0.717) is 30.2 Å². The number of likely N-dealkylation sites (tertiary alicyclic amines) is 1. The standard InChI is InChI=1S/C20H26N2O3/c1-14-16-6-4-5-7-17(16)25-20(24)18(14)19(23)22-12-9-15(10-13-22)8-11-21(2)3/h4-7,15H,8-13H2,1-3H3. The van der Waals surface area contributed by atoms with E-state index < -0.39 is 5.63 Å². The average Bonchev–Trinajstić information content (AvgIpc) is 2.60. The van der Waals surface area contributed by atoms with Crippen LogP contribution in [-0.2, 0) is 0 Å². The van der Waals surface area contributed by atoms with E-state index in [1.54, 1.807) is 11.0 Å². The van der Waals surface area contributed by atoms with Gasteiger partial charge in [0.15, 0.2) is 0 Å². The van der Waals surface area contributed by atoms with E-state index in [0.717, 1.165) is 31.2 Å². The fraction of sp³-hybridized carbons (Fsp3) is 0.500. The molecule has 1 fully saturated rings. The molecular formula is C20H26N2O3. The van der Waals surface area contributed by atoms with Crippen LogP contribution >= 0.6 is 0 Å². The number of hydrogen-bond acceptors (Lipinski definition) is 4. The van der Waals surface area contributed by atoms with Crippen LogP contribution < -0.4 is 5.63 Å². The lowest BCUT2D eigenvalue weighted by Crippen LogP contribution is -2.41. The Bertz CT molecular complexity index is 817. The maximum absolute atomic E-state index is 12.9. The summed E-state index contributed by atoms with van der Waals surface area (Å²) in [5.74, 6) is 0.462. The summed E-state index contributed by atoms with van der Waals surface area (Å²) in [5.41, 5.74) is 0.900. The summed E-state index contributed by atoms with van der Waals surface area (Å²) < 4.78 is 5.36. The zero-order valence-electron chi connectivity index (χ0n) is 15.2. The van der Waals surface area contributed by atoms with Gasteiger partial charge in [-0.05, 0) is 64.4 Å². The van der Waals surface area contributed by atoms with Crippen molar-refractivity contribution in [1.29, 1.82) is 0 Å². The minimum atomic E-state index is -0.532. The molecule has 25 heavy (non-hydrogen) atoms. The van der Waals surface area contributed by atoms with Gasteiger partial charge >= 0.3 is 5.63 Å². The average molecular weight is 342 g/mol. The minimum Gasteiger partial charge on any atom is -0.422 e. The number of carbonyl (C=O) groups excluding carboxylic acids is 1. The van der Waals surface area contributed by atoms with Crippen LogP contribution in [0.4, 0.5) is 0 Å². The highest BCUT2D eigenvalue weighted by Crippen LogP contribution is 2.24. The van der Waals surface area contributed by atoms with Gasteiger partial charge in [0.25, 0.3) is 5.91 Å². The van der Waals surface area contributed by atoms with Gasteiger partial charge in [-0.25, -0.2) is 4.79 Å². The molecule has 1 aromatic carbocycles. The number of aryl methyl sites for hydroxylation is 1. The van der Waals surface area contributed by atoms with E-state index in [1.807, 2.05) is 25.1 Å². The first-order chi connectivity index (χ1) is 12.0. The fourth-order valence-electron chi connectivity index (χ4n) is 3.58. The molecule has 0 spiro atoms. The van der Waals surface area contributed by atoms with Crippen LogP contribution in [0.2, 0.25) is 0 Å². The van der Waals surface area contributed by atoms with Crippen LogP contribution in [-0.4, -0.2) is 49.4 Å². The Hall–Kier alpha value is -2.14. The van der Waals surface area contributed by atoms with E-state index in [-0.39, 0.29) is 11.5 Å². The molecule has 0 aliphatic carbocycles. The topological polar surface area (TPSA) is 53.8 Å². The largest absolute Gasteiger partial charge is 0.422 e. The van der Waals surface area contributed by atoms with Gasteiger partial charge in [-0.2, -0.15) is 0 Å². The number of carbonyl (C=O) groups is 1. The number of benzene rings is 1. The molecule has 0 N–H and O–H groups in total. The molecule has 134 valence electrons. The molecule has 0 unspecified atom stereocenters. The second-order valence-corrected chi connectivity index (χ2v) is 7.21. The maximum atomic E-state index is 12.9. The highest BCUT2D eigenvalue weighted by molar-refractivity contribution is 5.99. The van der Waals surface area contributed by atoms with Gasteiger partial charge in [-0.3, -0.25) is 4.79 Å². The smallest absolute Gasteiger partial charge is 0.349 e. The second-order valence-electron chi connectivity index (χ2n) is 7.21. The molecule has 0 bridgehead atoms. The molecule has 2 heterocycles. The van der Waals surface area contributed by atoms with E-state index >= 15 is 0 Å². The Morgan fingerprint density at radius 3 is 2.60 bits per heavy atom. The van der Waals surface area contributed by atoms with Gasteiger partial charge in [0.05, 0.1) is 0 Å². The fourth-order valence-corrected chi connectivity index (χ4v) is 3.58. The third-order valence-electron chi connectivity index (χ3n) is 5.17. The number of piperidine rings is 1. The molecule has 2 aromatic rings. The molecule has 1 aliphatic rings. The van der Waals surface area contributed by atoms with Gasteiger partial charge < -0.3 is 14.2 Å². The molecule has 3 rings (SSSR count). The van der Waals surface area contributed by atoms with Gasteiger partial charge in [0.1, 0.15) is 11.1 Å². The summed E-state index contributed by atoms with van der Waals surface area (Å²) in [5, 5.41) is 0.825. The predicted molar refractivity (Wildman–Crippen MR) is 99.0 cm³/mol. The predicted octanol–water partition coefficient (Wildman–Crippen LogP) is 2.91. The summed E-state index contributed by atoms with van der Waals surface area (Å²) in [4.78, 5) is 29.3. The Labute approximate surface area is 148 Å². The van der Waals surface area contributed by atoms with Crippen molar-refractivity contribution in [2.75, 3.05) is 33.7 Å². The number of nitrogens with zero attached hydrogens (tertiary/aromatic N) is 2. The molecule has 1 saturated heterocycles. The summed E-state index contributed by atoms with van der Waals surface area (Å²) in [6.07, 6.45) is 3.15. The van der Waals surface area contributed by atoms with Crippen molar-refractivity contribution >= 4 is 16.9 Å². The van der Waals surface area contributed by atoms with Crippen molar-refractivity contribution in [3.63, 3.8) is 0 Å². The zero-order chi connectivity index (χ0) is 18.0. The second kappa shape index (κ2) is 7.40. The van der Waals surface area contributed by atoms with Gasteiger partial charge in [0, 0.05) is 18.5 Å². The number of amides is 1. The quantitative estimate of drug-likeness (QED) is 0.802. The van der Waals surface area contributed by atoms with Crippen molar-refractivity contribution in [2.24, 2.45) is 5.92 Å². The zero-order valence-corrected chi connectivity index (χ0v) is 15.2. The lowest BCUT2D eigenvalue weighted by atomic mass is 9.93. The lowest BCUT2D eigenvalue weighted by Gasteiger charge is -2.32. The Morgan fingerprint density at radius 1 is 1.24 bits per heavy atom. The van der Waals surface area contributed by atoms with Crippen molar-refractivity contribution in [3.8, 4) is 0 Å². The summed E-state index contributed by atoms with van der Waals surface area (Å²) in [6.45, 7) is 4.33. The molecule has 5 nitrogen and oxygen atoms in total. The van der Waals surface area contributed by atoms with Gasteiger partial charge in [-0.1, -0.05) is 18.2 Å². The normalized spacial score (nSPS) is 15.9. The monoisotopic (exact) mass is 342 g/mol. The van der Waals surface area contributed by atoms with Gasteiger partial charge in [-0.15, -0.1) is 0 Å². The molecule has 0 saturated carbocycles. The highest BCUT2D eigenvalue weighted by Gasteiger charge is 2.27.